The first kappa shape index (κ1) is 15.5. The number of aliphatic hydroxyl groups is 1. The summed E-state index contributed by atoms with van der Waals surface area (Å²) in [6.45, 7) is 8.31. The van der Waals surface area contributed by atoms with E-state index in [2.05, 4.69) is 20.8 Å². The number of benzene rings is 1. The lowest BCUT2D eigenvalue weighted by atomic mass is 9.62. The number of ether oxygens (including phenoxy) is 1. The summed E-state index contributed by atoms with van der Waals surface area (Å²) in [6.07, 6.45) is 2.98. The summed E-state index contributed by atoms with van der Waals surface area (Å²) in [5.74, 6) is 1.16. The number of methoxy groups -OCH3 is 1. The van der Waals surface area contributed by atoms with E-state index in [1.165, 1.54) is 6.42 Å². The van der Waals surface area contributed by atoms with Crippen molar-refractivity contribution in [2.45, 2.75) is 52.6 Å². The average Bonchev–Trinajstić information content (AvgIpc) is 2.78. The van der Waals surface area contributed by atoms with Gasteiger partial charge in [-0.2, -0.15) is 0 Å². The highest BCUT2D eigenvalue weighted by Crippen LogP contribution is 2.73. The molecule has 0 radical (unpaired) electrons. The van der Waals surface area contributed by atoms with Crippen LogP contribution in [0.3, 0.4) is 0 Å². The van der Waals surface area contributed by atoms with Crippen molar-refractivity contribution in [3.8, 4) is 5.75 Å². The second-order valence-electron chi connectivity index (χ2n) is 7.83. The number of hydrogen-bond acceptors (Lipinski definition) is 3. The molecule has 2 bridgehead atoms. The summed E-state index contributed by atoms with van der Waals surface area (Å²) in [6, 6.07) is 5.45. The molecule has 1 aromatic rings. The molecule has 22 heavy (non-hydrogen) atoms. The number of hydrogen-bond donors (Lipinski definition) is 1. The van der Waals surface area contributed by atoms with E-state index in [4.69, 9.17) is 4.74 Å². The molecular formula is C19H26O3. The predicted octanol–water partition coefficient (Wildman–Crippen LogP) is 3.93. The molecule has 0 spiro atoms. The largest absolute Gasteiger partial charge is 0.496 e. The lowest BCUT2D eigenvalue weighted by Gasteiger charge is -2.46. The minimum absolute atomic E-state index is 0.0105. The van der Waals surface area contributed by atoms with Crippen molar-refractivity contribution in [3.63, 3.8) is 0 Å². The third kappa shape index (κ3) is 1.69. The first-order valence-electron chi connectivity index (χ1n) is 8.09. The van der Waals surface area contributed by atoms with Crippen LogP contribution in [0.2, 0.25) is 0 Å². The molecule has 0 aromatic heterocycles. The Balaban J connectivity index is 2.14. The van der Waals surface area contributed by atoms with Crippen molar-refractivity contribution in [2.24, 2.45) is 16.7 Å². The maximum absolute atomic E-state index is 11.6. The van der Waals surface area contributed by atoms with Crippen LogP contribution in [0.15, 0.2) is 18.2 Å². The first-order chi connectivity index (χ1) is 10.2. The summed E-state index contributed by atoms with van der Waals surface area (Å²) in [7, 11) is 1.60. The van der Waals surface area contributed by atoms with Crippen LogP contribution in [0.5, 0.6) is 5.75 Å². The Morgan fingerprint density at radius 3 is 2.45 bits per heavy atom. The maximum atomic E-state index is 11.6. The van der Waals surface area contributed by atoms with Crippen molar-refractivity contribution in [1.29, 1.82) is 0 Å². The second kappa shape index (κ2) is 4.58. The van der Waals surface area contributed by atoms with Gasteiger partial charge in [0.25, 0.3) is 0 Å². The van der Waals surface area contributed by atoms with Gasteiger partial charge in [0.1, 0.15) is 5.75 Å². The monoisotopic (exact) mass is 302 g/mol. The topological polar surface area (TPSA) is 46.5 Å². The molecule has 3 unspecified atom stereocenters. The Morgan fingerprint density at radius 1 is 1.32 bits per heavy atom. The number of Topliss-reactive ketones (excluding diaryl/α,β-unsaturated/α-hetero) is 1. The fraction of sp³-hybridized carbons (Fsp3) is 0.632. The van der Waals surface area contributed by atoms with Gasteiger partial charge in [0.05, 0.1) is 12.7 Å². The fourth-order valence-corrected chi connectivity index (χ4v) is 4.93. The van der Waals surface area contributed by atoms with Crippen molar-refractivity contribution in [1.82, 2.24) is 0 Å². The summed E-state index contributed by atoms with van der Waals surface area (Å²) >= 11 is 0. The Labute approximate surface area is 132 Å². The first-order valence-corrected chi connectivity index (χ1v) is 8.09. The molecule has 0 heterocycles. The summed E-state index contributed by atoms with van der Waals surface area (Å²) in [5, 5.41) is 11.6. The molecular weight excluding hydrogens is 276 g/mol. The Bertz CT molecular complexity index is 634. The van der Waals surface area contributed by atoms with Crippen LogP contribution in [0, 0.1) is 16.7 Å². The minimum atomic E-state index is -0.889. The normalized spacial score (nSPS) is 35.6. The van der Waals surface area contributed by atoms with Crippen LogP contribution < -0.4 is 4.74 Å². The van der Waals surface area contributed by atoms with Gasteiger partial charge in [-0.05, 0) is 43.6 Å². The molecule has 120 valence electrons. The number of ketones is 1. The molecule has 2 aliphatic rings. The van der Waals surface area contributed by atoms with Crippen molar-refractivity contribution in [3.05, 3.63) is 29.3 Å². The number of rotatable bonds is 3. The van der Waals surface area contributed by atoms with Crippen molar-refractivity contribution >= 4 is 5.78 Å². The molecule has 2 aliphatic carbocycles. The molecule has 0 aliphatic heterocycles. The van der Waals surface area contributed by atoms with Gasteiger partial charge in [-0.3, -0.25) is 4.79 Å². The van der Waals surface area contributed by atoms with E-state index in [0.29, 0.717) is 17.2 Å². The van der Waals surface area contributed by atoms with Crippen LogP contribution in [-0.2, 0) is 5.60 Å². The number of carbonyl (C=O) groups is 1. The summed E-state index contributed by atoms with van der Waals surface area (Å²) in [5.41, 5.74) is 0.497. The van der Waals surface area contributed by atoms with Gasteiger partial charge < -0.3 is 9.84 Å². The maximum Gasteiger partial charge on any atom is 0.159 e. The van der Waals surface area contributed by atoms with Gasteiger partial charge in [0.2, 0.25) is 0 Å². The van der Waals surface area contributed by atoms with E-state index in [0.717, 1.165) is 18.4 Å². The van der Waals surface area contributed by atoms with Crippen LogP contribution in [0.4, 0.5) is 0 Å². The zero-order valence-corrected chi connectivity index (χ0v) is 14.2. The van der Waals surface area contributed by atoms with E-state index in [1.807, 2.05) is 6.07 Å². The quantitative estimate of drug-likeness (QED) is 0.861. The SMILES string of the molecule is COc1cc(C(C)=O)ccc1C1(O)CC2CCC1(C)C2(C)C. The van der Waals surface area contributed by atoms with Crippen molar-refractivity contribution in [2.75, 3.05) is 7.11 Å². The fourth-order valence-electron chi connectivity index (χ4n) is 4.93. The number of carbonyl (C=O) groups excluding carboxylic acids is 1. The van der Waals surface area contributed by atoms with Crippen LogP contribution in [0.1, 0.15) is 62.9 Å². The van der Waals surface area contributed by atoms with Crippen LogP contribution in [-0.4, -0.2) is 18.0 Å². The van der Waals surface area contributed by atoms with E-state index < -0.39 is 5.60 Å². The van der Waals surface area contributed by atoms with Gasteiger partial charge in [0, 0.05) is 16.5 Å². The zero-order chi connectivity index (χ0) is 16.3. The van der Waals surface area contributed by atoms with Crippen LogP contribution >= 0.6 is 0 Å². The average molecular weight is 302 g/mol. The standard InChI is InChI=1S/C19H26O3/c1-12(20)13-6-7-15(16(10-13)22-5)19(21)11-14-8-9-18(19,4)17(14,2)3/h6-7,10,14,21H,8-9,11H2,1-5H3. The Morgan fingerprint density at radius 2 is 2.00 bits per heavy atom. The van der Waals surface area contributed by atoms with Crippen LogP contribution in [0.25, 0.3) is 0 Å². The summed E-state index contributed by atoms with van der Waals surface area (Å²) < 4.78 is 5.52. The smallest absolute Gasteiger partial charge is 0.159 e. The molecule has 2 saturated carbocycles. The zero-order valence-electron chi connectivity index (χ0n) is 14.2. The highest BCUT2D eigenvalue weighted by Gasteiger charge is 2.69. The molecule has 3 nitrogen and oxygen atoms in total. The third-order valence-corrected chi connectivity index (χ3v) is 6.94. The highest BCUT2D eigenvalue weighted by atomic mass is 16.5. The van der Waals surface area contributed by atoms with Gasteiger partial charge in [-0.25, -0.2) is 0 Å². The molecule has 3 atom stereocenters. The number of fused-ring (bicyclic) bond motifs is 2. The van der Waals surface area contributed by atoms with E-state index in [-0.39, 0.29) is 16.6 Å². The lowest BCUT2D eigenvalue weighted by Crippen LogP contribution is -2.45. The van der Waals surface area contributed by atoms with Gasteiger partial charge >= 0.3 is 0 Å². The molecule has 1 N–H and O–H groups in total. The predicted molar refractivity (Wildman–Crippen MR) is 86.1 cm³/mol. The molecule has 3 rings (SSSR count). The van der Waals surface area contributed by atoms with Crippen molar-refractivity contribution < 1.29 is 14.6 Å². The third-order valence-electron chi connectivity index (χ3n) is 6.94. The van der Waals surface area contributed by atoms with E-state index >= 15 is 0 Å². The lowest BCUT2D eigenvalue weighted by molar-refractivity contribution is -0.0969. The summed E-state index contributed by atoms with van der Waals surface area (Å²) in [4.78, 5) is 11.6. The molecule has 1 aromatic carbocycles. The second-order valence-corrected chi connectivity index (χ2v) is 7.83. The van der Waals surface area contributed by atoms with Gasteiger partial charge in [0.15, 0.2) is 5.78 Å². The highest BCUT2D eigenvalue weighted by molar-refractivity contribution is 5.94. The Hall–Kier alpha value is -1.35. The van der Waals surface area contributed by atoms with Gasteiger partial charge in [-0.15, -0.1) is 0 Å². The van der Waals surface area contributed by atoms with Gasteiger partial charge in [-0.1, -0.05) is 32.9 Å². The van der Waals surface area contributed by atoms with E-state index in [1.54, 1.807) is 26.2 Å². The molecule has 0 saturated heterocycles. The molecule has 0 amide bonds. The molecule has 3 heteroatoms. The van der Waals surface area contributed by atoms with E-state index in [9.17, 15) is 9.90 Å². The minimum Gasteiger partial charge on any atom is -0.496 e. The Kier molecular flexibility index (Phi) is 3.23. The molecule has 2 fully saturated rings.